The van der Waals surface area contributed by atoms with Gasteiger partial charge in [-0.05, 0) is 42.2 Å². The Bertz CT molecular complexity index is 832. The molecule has 5 rings (SSSR count). The Morgan fingerprint density at radius 3 is 3.00 bits per heavy atom. The van der Waals surface area contributed by atoms with Crippen molar-refractivity contribution >= 4 is 10.9 Å². The summed E-state index contributed by atoms with van der Waals surface area (Å²) in [6.07, 6.45) is 6.96. The van der Waals surface area contributed by atoms with Gasteiger partial charge in [0.05, 0.1) is 32.3 Å². The Balaban J connectivity index is 1.75. The van der Waals surface area contributed by atoms with E-state index < -0.39 is 6.10 Å². The molecule has 0 amide bonds. The maximum absolute atomic E-state index is 11.6. The molecular formula is C23H31N2O2+. The van der Waals surface area contributed by atoms with E-state index in [-0.39, 0.29) is 6.04 Å². The molecule has 3 aliphatic rings. The van der Waals surface area contributed by atoms with Gasteiger partial charge in [-0.25, -0.2) is 0 Å². The molecule has 27 heavy (non-hydrogen) atoms. The molecular weight excluding hydrogens is 336 g/mol. The highest BCUT2D eigenvalue weighted by Gasteiger charge is 2.53. The molecule has 1 aromatic heterocycles. The number of nitrogens with zero attached hydrogens (tertiary/aromatic N) is 2. The Morgan fingerprint density at radius 1 is 1.41 bits per heavy atom. The fraction of sp³-hybridized carbons (Fsp3) is 0.522. The molecule has 4 nitrogen and oxygen atoms in total. The van der Waals surface area contributed by atoms with Crippen molar-refractivity contribution in [2.45, 2.75) is 38.3 Å². The van der Waals surface area contributed by atoms with Crippen molar-refractivity contribution < 1.29 is 14.3 Å². The fourth-order valence-corrected chi connectivity index (χ4v) is 5.67. The Hall–Kier alpha value is -1.91. The van der Waals surface area contributed by atoms with Crippen LogP contribution in [0.2, 0.25) is 0 Å². The van der Waals surface area contributed by atoms with E-state index in [0.29, 0.717) is 11.8 Å². The smallest absolute Gasteiger partial charge is 0.131 e. The van der Waals surface area contributed by atoms with Crippen molar-refractivity contribution in [3.63, 3.8) is 0 Å². The van der Waals surface area contributed by atoms with Crippen LogP contribution in [-0.4, -0.2) is 47.4 Å². The molecule has 4 heteroatoms. The van der Waals surface area contributed by atoms with E-state index >= 15 is 0 Å². The van der Waals surface area contributed by atoms with Gasteiger partial charge in [0, 0.05) is 30.3 Å². The molecule has 2 bridgehead atoms. The van der Waals surface area contributed by atoms with Gasteiger partial charge in [0.15, 0.2) is 0 Å². The number of aliphatic hydroxyl groups excluding tert-OH is 1. The fourth-order valence-electron chi connectivity index (χ4n) is 5.67. The number of pyridine rings is 1. The summed E-state index contributed by atoms with van der Waals surface area (Å²) >= 11 is 0. The van der Waals surface area contributed by atoms with Crippen molar-refractivity contribution in [2.24, 2.45) is 11.8 Å². The quantitative estimate of drug-likeness (QED) is 0.617. The number of hydrogen-bond donors (Lipinski definition) is 1. The van der Waals surface area contributed by atoms with E-state index in [1.54, 1.807) is 7.11 Å². The summed E-state index contributed by atoms with van der Waals surface area (Å²) in [5.41, 5.74) is 1.90. The highest BCUT2D eigenvalue weighted by molar-refractivity contribution is 5.83. The second-order valence-corrected chi connectivity index (χ2v) is 8.33. The lowest BCUT2D eigenvalue weighted by Crippen LogP contribution is -2.68. The minimum absolute atomic E-state index is 0.247. The molecule has 0 spiro atoms. The number of methoxy groups -OCH3 is 1. The molecule has 144 valence electrons. The molecule has 3 unspecified atom stereocenters. The number of rotatable bonds is 6. The molecule has 3 saturated heterocycles. The Morgan fingerprint density at radius 2 is 2.26 bits per heavy atom. The summed E-state index contributed by atoms with van der Waals surface area (Å²) in [5, 5.41) is 12.6. The lowest BCUT2D eigenvalue weighted by atomic mass is 9.71. The van der Waals surface area contributed by atoms with Crippen LogP contribution >= 0.6 is 0 Å². The maximum Gasteiger partial charge on any atom is 0.131 e. The van der Waals surface area contributed by atoms with Gasteiger partial charge in [0.25, 0.3) is 0 Å². The van der Waals surface area contributed by atoms with Crippen LogP contribution in [0.25, 0.3) is 10.9 Å². The van der Waals surface area contributed by atoms with Crippen molar-refractivity contribution in [1.29, 1.82) is 0 Å². The first-order valence-electron chi connectivity index (χ1n) is 10.2. The van der Waals surface area contributed by atoms with Crippen molar-refractivity contribution in [2.75, 3.05) is 26.7 Å². The van der Waals surface area contributed by atoms with E-state index in [4.69, 9.17) is 4.74 Å². The molecule has 0 aliphatic carbocycles. The number of fused-ring (bicyclic) bond motifs is 4. The second-order valence-electron chi connectivity index (χ2n) is 8.33. The van der Waals surface area contributed by atoms with Crippen LogP contribution in [0.3, 0.4) is 0 Å². The first kappa shape index (κ1) is 18.5. The molecule has 3 aliphatic heterocycles. The number of aliphatic hydroxyl groups is 1. The van der Waals surface area contributed by atoms with Crippen molar-refractivity contribution in [3.8, 4) is 5.75 Å². The number of piperidine rings is 3. The molecule has 2 aromatic rings. The highest BCUT2D eigenvalue weighted by Crippen LogP contribution is 2.47. The normalized spacial score (nSPS) is 31.0. The zero-order valence-corrected chi connectivity index (χ0v) is 16.5. The minimum Gasteiger partial charge on any atom is -0.497 e. The third-order valence-electron chi connectivity index (χ3n) is 7.01. The molecule has 3 fully saturated rings. The predicted molar refractivity (Wildman–Crippen MR) is 109 cm³/mol. The Labute approximate surface area is 162 Å². The predicted octanol–water partition coefficient (Wildman–Crippen LogP) is 4.10. The molecule has 1 aromatic carbocycles. The number of ether oxygens (including phenoxy) is 1. The van der Waals surface area contributed by atoms with E-state index in [0.717, 1.165) is 52.6 Å². The van der Waals surface area contributed by atoms with Crippen LogP contribution < -0.4 is 4.74 Å². The topological polar surface area (TPSA) is 42.4 Å². The first-order valence-corrected chi connectivity index (χ1v) is 10.2. The Kier molecular flexibility index (Phi) is 4.95. The van der Waals surface area contributed by atoms with Crippen LogP contribution in [0.1, 0.15) is 37.9 Å². The molecule has 0 radical (unpaired) electrons. The summed E-state index contributed by atoms with van der Waals surface area (Å²) in [4.78, 5) is 4.49. The number of aromatic nitrogens is 1. The maximum atomic E-state index is 11.6. The van der Waals surface area contributed by atoms with Gasteiger partial charge in [-0.3, -0.25) is 4.98 Å². The van der Waals surface area contributed by atoms with Gasteiger partial charge in [0.2, 0.25) is 0 Å². The monoisotopic (exact) mass is 367 g/mol. The number of benzene rings is 1. The zero-order chi connectivity index (χ0) is 19.0. The average Bonchev–Trinajstić information content (AvgIpc) is 2.72. The number of hydrogen-bond acceptors (Lipinski definition) is 3. The summed E-state index contributed by atoms with van der Waals surface area (Å²) in [6.45, 7) is 9.77. The van der Waals surface area contributed by atoms with Gasteiger partial charge in [-0.2, -0.15) is 0 Å². The van der Waals surface area contributed by atoms with Crippen LogP contribution in [0.5, 0.6) is 5.75 Å². The summed E-state index contributed by atoms with van der Waals surface area (Å²) < 4.78 is 6.44. The van der Waals surface area contributed by atoms with Gasteiger partial charge < -0.3 is 14.3 Å². The summed E-state index contributed by atoms with van der Waals surface area (Å²) in [7, 11) is 1.68. The molecule has 4 heterocycles. The van der Waals surface area contributed by atoms with E-state index in [2.05, 4.69) is 24.6 Å². The van der Waals surface area contributed by atoms with E-state index in [9.17, 15) is 5.11 Å². The van der Waals surface area contributed by atoms with Gasteiger partial charge >= 0.3 is 0 Å². The first-order chi connectivity index (χ1) is 13.1. The summed E-state index contributed by atoms with van der Waals surface area (Å²) in [6, 6.07) is 8.15. The third kappa shape index (κ3) is 3.05. The lowest BCUT2D eigenvalue weighted by Gasteiger charge is -2.58. The highest BCUT2D eigenvalue weighted by atomic mass is 16.5. The van der Waals surface area contributed by atoms with E-state index in [1.807, 2.05) is 30.5 Å². The molecule has 1 N–H and O–H groups in total. The average molecular weight is 368 g/mol. The van der Waals surface area contributed by atoms with Crippen LogP contribution in [0, 0.1) is 11.8 Å². The van der Waals surface area contributed by atoms with Crippen molar-refractivity contribution in [1.82, 2.24) is 4.98 Å². The summed E-state index contributed by atoms with van der Waals surface area (Å²) in [5.74, 6) is 2.04. The molecule has 5 atom stereocenters. The van der Waals surface area contributed by atoms with Crippen LogP contribution in [0.15, 0.2) is 43.1 Å². The third-order valence-corrected chi connectivity index (χ3v) is 7.01. The second kappa shape index (κ2) is 7.25. The van der Waals surface area contributed by atoms with Gasteiger partial charge in [-0.15, -0.1) is 6.58 Å². The zero-order valence-electron chi connectivity index (χ0n) is 16.5. The number of quaternary nitrogens is 1. The molecule has 0 saturated carbocycles. The van der Waals surface area contributed by atoms with Crippen LogP contribution in [-0.2, 0) is 0 Å². The minimum atomic E-state index is -0.484. The lowest BCUT2D eigenvalue weighted by molar-refractivity contribution is -0.973. The SMILES string of the molecule is C=CC1C[N+]2(CCC)CCC1C[C@@H]2[C@@H](O)c1ccnc2ccc(OC)cc12. The van der Waals surface area contributed by atoms with Gasteiger partial charge in [-0.1, -0.05) is 13.0 Å². The van der Waals surface area contributed by atoms with Crippen LogP contribution in [0.4, 0.5) is 0 Å². The largest absolute Gasteiger partial charge is 0.497 e. The van der Waals surface area contributed by atoms with Gasteiger partial charge in [0.1, 0.15) is 17.9 Å². The standard InChI is InChI=1S/C23H31N2O2/c1-4-11-25-12-9-17(16(5-2)15-25)13-22(25)23(26)19-8-10-24-21-7-6-18(27-3)14-20(19)21/h5-8,10,14,16-17,22-23,26H,2,4,9,11-13,15H2,1,3H3/q+1/t16?,17?,22-,23+,25?/m1/s1. The van der Waals surface area contributed by atoms with E-state index in [1.165, 1.54) is 13.0 Å². The van der Waals surface area contributed by atoms with Crippen molar-refractivity contribution in [3.05, 3.63) is 48.7 Å².